The summed E-state index contributed by atoms with van der Waals surface area (Å²) in [4.78, 5) is 2.44. The third-order valence-corrected chi connectivity index (χ3v) is 5.21. The molecule has 4 heteroatoms. The highest BCUT2D eigenvalue weighted by molar-refractivity contribution is 9.11. The van der Waals surface area contributed by atoms with Crippen molar-refractivity contribution in [2.45, 2.75) is 13.0 Å². The minimum absolute atomic E-state index is 0.0324. The summed E-state index contributed by atoms with van der Waals surface area (Å²) in [6, 6.07) is 6.30. The van der Waals surface area contributed by atoms with E-state index in [2.05, 4.69) is 40.4 Å². The van der Waals surface area contributed by atoms with Gasteiger partial charge in [0, 0.05) is 9.75 Å². The van der Waals surface area contributed by atoms with Crippen LogP contribution in [0.25, 0.3) is 0 Å². The Balaban J connectivity index is 2.32. The Labute approximate surface area is 99.7 Å². The summed E-state index contributed by atoms with van der Waals surface area (Å²) < 4.78 is 1.18. The van der Waals surface area contributed by atoms with Crippen molar-refractivity contribution in [3.63, 3.8) is 0 Å². The molecule has 0 bridgehead atoms. The van der Waals surface area contributed by atoms with E-state index in [1.807, 2.05) is 6.07 Å². The number of thiophene rings is 2. The fourth-order valence-corrected chi connectivity index (χ4v) is 3.66. The highest BCUT2D eigenvalue weighted by Gasteiger charge is 2.13. The van der Waals surface area contributed by atoms with E-state index in [0.29, 0.717) is 0 Å². The van der Waals surface area contributed by atoms with Gasteiger partial charge in [0.05, 0.1) is 9.83 Å². The van der Waals surface area contributed by atoms with E-state index < -0.39 is 0 Å². The average molecular weight is 288 g/mol. The summed E-state index contributed by atoms with van der Waals surface area (Å²) >= 11 is 6.94. The van der Waals surface area contributed by atoms with Gasteiger partial charge in [0.1, 0.15) is 0 Å². The van der Waals surface area contributed by atoms with Crippen molar-refractivity contribution in [1.82, 2.24) is 0 Å². The van der Waals surface area contributed by atoms with E-state index in [1.165, 1.54) is 19.1 Å². The summed E-state index contributed by atoms with van der Waals surface area (Å²) in [5.74, 6) is 0. The summed E-state index contributed by atoms with van der Waals surface area (Å²) in [6.45, 7) is 2.09. The molecule has 2 aromatic heterocycles. The second-order valence-electron chi connectivity index (χ2n) is 3.10. The first-order chi connectivity index (χ1) is 6.68. The molecule has 2 heterocycles. The van der Waals surface area contributed by atoms with Crippen LogP contribution in [0.3, 0.4) is 0 Å². The smallest absolute Gasteiger partial charge is 0.0740 e. The molecule has 1 atom stereocenters. The van der Waals surface area contributed by atoms with Gasteiger partial charge in [0.15, 0.2) is 0 Å². The maximum absolute atomic E-state index is 6.14. The van der Waals surface area contributed by atoms with Gasteiger partial charge in [-0.1, -0.05) is 6.07 Å². The summed E-state index contributed by atoms with van der Waals surface area (Å²) in [6.07, 6.45) is 0. The van der Waals surface area contributed by atoms with Crippen molar-refractivity contribution in [2.24, 2.45) is 5.73 Å². The van der Waals surface area contributed by atoms with Crippen LogP contribution in [0.5, 0.6) is 0 Å². The minimum Gasteiger partial charge on any atom is -0.319 e. The SMILES string of the molecule is Cc1cc([C@H](N)c2cccs2)sc1Br. The van der Waals surface area contributed by atoms with Gasteiger partial charge in [0.25, 0.3) is 0 Å². The van der Waals surface area contributed by atoms with E-state index >= 15 is 0 Å². The van der Waals surface area contributed by atoms with E-state index in [4.69, 9.17) is 5.73 Å². The van der Waals surface area contributed by atoms with Crippen molar-refractivity contribution < 1.29 is 0 Å². The van der Waals surface area contributed by atoms with Crippen LogP contribution >= 0.6 is 38.6 Å². The molecule has 0 amide bonds. The van der Waals surface area contributed by atoms with Crippen LogP contribution in [0, 0.1) is 6.92 Å². The molecule has 0 saturated carbocycles. The topological polar surface area (TPSA) is 26.0 Å². The quantitative estimate of drug-likeness (QED) is 0.890. The minimum atomic E-state index is 0.0324. The predicted octanol–water partition coefficient (Wildman–Crippen LogP) is 3.93. The third-order valence-electron chi connectivity index (χ3n) is 2.03. The van der Waals surface area contributed by atoms with Crippen molar-refractivity contribution in [2.75, 3.05) is 0 Å². The van der Waals surface area contributed by atoms with Crippen molar-refractivity contribution >= 4 is 38.6 Å². The van der Waals surface area contributed by atoms with Crippen molar-refractivity contribution in [3.05, 3.63) is 42.7 Å². The molecule has 0 aliphatic rings. The maximum Gasteiger partial charge on any atom is 0.0740 e. The molecule has 74 valence electrons. The Morgan fingerprint density at radius 3 is 2.71 bits per heavy atom. The number of hydrogen-bond acceptors (Lipinski definition) is 3. The van der Waals surface area contributed by atoms with Crippen molar-refractivity contribution in [3.8, 4) is 0 Å². The van der Waals surface area contributed by atoms with E-state index in [-0.39, 0.29) is 6.04 Å². The standard InChI is InChI=1S/C10H10BrNS2/c1-6-5-8(14-10(6)11)9(12)7-3-2-4-13-7/h2-5,9H,12H2,1H3/t9-/m1/s1. The van der Waals surface area contributed by atoms with Crippen LogP contribution in [0.15, 0.2) is 27.4 Å². The number of rotatable bonds is 2. The first-order valence-corrected chi connectivity index (χ1v) is 6.72. The van der Waals surface area contributed by atoms with E-state index in [1.54, 1.807) is 22.7 Å². The highest BCUT2D eigenvalue weighted by Crippen LogP contribution is 2.34. The van der Waals surface area contributed by atoms with Gasteiger partial charge in [0.2, 0.25) is 0 Å². The molecule has 0 radical (unpaired) electrons. The summed E-state index contributed by atoms with van der Waals surface area (Å²) in [5.41, 5.74) is 7.40. The zero-order chi connectivity index (χ0) is 10.1. The van der Waals surface area contributed by atoms with Crippen LogP contribution in [0.1, 0.15) is 21.4 Å². The fraction of sp³-hybridized carbons (Fsp3) is 0.200. The molecule has 14 heavy (non-hydrogen) atoms. The van der Waals surface area contributed by atoms with Gasteiger partial charge in [-0.2, -0.15) is 0 Å². The second kappa shape index (κ2) is 4.14. The third kappa shape index (κ3) is 1.93. The molecule has 0 spiro atoms. The van der Waals surface area contributed by atoms with Gasteiger partial charge in [-0.25, -0.2) is 0 Å². The Morgan fingerprint density at radius 1 is 1.43 bits per heavy atom. The Kier molecular flexibility index (Phi) is 3.07. The molecule has 2 N–H and O–H groups in total. The molecular weight excluding hydrogens is 278 g/mol. The Bertz CT molecular complexity index is 400. The molecule has 0 aromatic carbocycles. The zero-order valence-electron chi connectivity index (χ0n) is 7.66. The molecule has 2 aromatic rings. The molecule has 0 saturated heterocycles. The monoisotopic (exact) mass is 287 g/mol. The Hall–Kier alpha value is -0.160. The molecule has 0 aliphatic carbocycles. The normalized spacial score (nSPS) is 13.1. The molecule has 0 fully saturated rings. The molecular formula is C10H10BrNS2. The van der Waals surface area contributed by atoms with Gasteiger partial charge >= 0.3 is 0 Å². The lowest BCUT2D eigenvalue weighted by molar-refractivity contribution is 0.916. The number of nitrogens with two attached hydrogens (primary N) is 1. The number of hydrogen-bond donors (Lipinski definition) is 1. The van der Waals surface area contributed by atoms with E-state index in [9.17, 15) is 0 Å². The average Bonchev–Trinajstić information content (AvgIpc) is 2.76. The predicted molar refractivity (Wildman–Crippen MR) is 67.1 cm³/mol. The highest BCUT2D eigenvalue weighted by atomic mass is 79.9. The molecule has 1 nitrogen and oxygen atoms in total. The second-order valence-corrected chi connectivity index (χ2v) is 6.48. The van der Waals surface area contributed by atoms with Crippen molar-refractivity contribution in [1.29, 1.82) is 0 Å². The summed E-state index contributed by atoms with van der Waals surface area (Å²) in [5, 5.41) is 2.06. The first kappa shape index (κ1) is 10.4. The number of halogens is 1. The zero-order valence-corrected chi connectivity index (χ0v) is 10.9. The lowest BCUT2D eigenvalue weighted by Gasteiger charge is -2.05. The molecule has 2 rings (SSSR count). The van der Waals surface area contributed by atoms with Crippen LogP contribution < -0.4 is 5.73 Å². The van der Waals surface area contributed by atoms with Gasteiger partial charge in [-0.3, -0.25) is 0 Å². The largest absolute Gasteiger partial charge is 0.319 e. The van der Waals surface area contributed by atoms with Gasteiger partial charge in [-0.15, -0.1) is 22.7 Å². The molecule has 0 unspecified atom stereocenters. The van der Waals surface area contributed by atoms with Gasteiger partial charge < -0.3 is 5.73 Å². The van der Waals surface area contributed by atoms with Crippen LogP contribution in [0.4, 0.5) is 0 Å². The Morgan fingerprint density at radius 2 is 2.21 bits per heavy atom. The summed E-state index contributed by atoms with van der Waals surface area (Å²) in [7, 11) is 0. The first-order valence-electron chi connectivity index (χ1n) is 4.23. The maximum atomic E-state index is 6.14. The van der Waals surface area contributed by atoms with Crippen LogP contribution in [0.2, 0.25) is 0 Å². The van der Waals surface area contributed by atoms with E-state index in [0.717, 1.165) is 0 Å². The van der Waals surface area contributed by atoms with Gasteiger partial charge in [-0.05, 0) is 45.9 Å². The fourth-order valence-electron chi connectivity index (χ4n) is 1.25. The van der Waals surface area contributed by atoms with Crippen LogP contribution in [-0.4, -0.2) is 0 Å². The van der Waals surface area contributed by atoms with Crippen LogP contribution in [-0.2, 0) is 0 Å². The lowest BCUT2D eigenvalue weighted by Crippen LogP contribution is -2.07. The lowest BCUT2D eigenvalue weighted by atomic mass is 10.2. The molecule has 0 aliphatic heterocycles. The number of aryl methyl sites for hydroxylation is 1.